The zero-order valence-corrected chi connectivity index (χ0v) is 21.5. The van der Waals surface area contributed by atoms with Crippen molar-refractivity contribution in [2.24, 2.45) is 0 Å². The molecular formula is C26H28FN7OS. The van der Waals surface area contributed by atoms with Crippen molar-refractivity contribution >= 4 is 39.1 Å². The summed E-state index contributed by atoms with van der Waals surface area (Å²) in [5.41, 5.74) is 0.929. The molecule has 2 saturated heterocycles. The first-order valence-corrected chi connectivity index (χ1v) is 12.9. The fourth-order valence-electron chi connectivity index (χ4n) is 5.18. The number of thiazole rings is 1. The van der Waals surface area contributed by atoms with Crippen molar-refractivity contribution in [3.05, 3.63) is 53.6 Å². The first kappa shape index (κ1) is 23.2. The molecule has 186 valence electrons. The van der Waals surface area contributed by atoms with Crippen LogP contribution >= 0.6 is 11.3 Å². The van der Waals surface area contributed by atoms with Gasteiger partial charge in [-0.2, -0.15) is 4.98 Å². The quantitative estimate of drug-likeness (QED) is 0.411. The molecule has 0 amide bonds. The molecule has 5 heterocycles. The molecule has 0 unspecified atom stereocenters. The van der Waals surface area contributed by atoms with E-state index in [0.29, 0.717) is 39.8 Å². The maximum atomic E-state index is 15.2. The second-order valence-corrected chi connectivity index (χ2v) is 11.3. The van der Waals surface area contributed by atoms with Crippen molar-refractivity contribution in [3.63, 3.8) is 0 Å². The lowest BCUT2D eigenvalue weighted by Crippen LogP contribution is -2.45. The normalized spacial score (nSPS) is 20.0. The van der Waals surface area contributed by atoms with Gasteiger partial charge in [-0.3, -0.25) is 4.90 Å². The van der Waals surface area contributed by atoms with E-state index in [1.165, 1.54) is 11.3 Å². The van der Waals surface area contributed by atoms with Crippen molar-refractivity contribution in [2.75, 3.05) is 30.4 Å². The lowest BCUT2D eigenvalue weighted by molar-refractivity contribution is 0.0746. The molecule has 8 nitrogen and oxygen atoms in total. The molecule has 2 bridgehead atoms. The number of aliphatic hydroxyl groups is 1. The number of aryl methyl sites for hydroxylation is 1. The second-order valence-electron chi connectivity index (χ2n) is 10.2. The number of aromatic nitrogens is 4. The van der Waals surface area contributed by atoms with Crippen molar-refractivity contribution < 1.29 is 9.50 Å². The summed E-state index contributed by atoms with van der Waals surface area (Å²) < 4.78 is 16.0. The van der Waals surface area contributed by atoms with Crippen molar-refractivity contribution in [1.82, 2.24) is 24.8 Å². The van der Waals surface area contributed by atoms with E-state index in [1.54, 1.807) is 38.2 Å². The maximum absolute atomic E-state index is 15.2. The molecule has 6 rings (SSSR count). The summed E-state index contributed by atoms with van der Waals surface area (Å²) in [7, 11) is 2.18. The number of benzene rings is 1. The van der Waals surface area contributed by atoms with Gasteiger partial charge in [-0.25, -0.2) is 19.3 Å². The number of hydrogen-bond acceptors (Lipinski definition) is 9. The van der Waals surface area contributed by atoms with Crippen molar-refractivity contribution in [2.45, 2.75) is 44.9 Å². The number of likely N-dealkylation sites (N-methyl/N-ethyl adjacent to an activating group) is 1. The summed E-state index contributed by atoms with van der Waals surface area (Å²) in [6.07, 6.45) is 2.89. The second kappa shape index (κ2) is 8.43. The van der Waals surface area contributed by atoms with Gasteiger partial charge < -0.3 is 15.3 Å². The van der Waals surface area contributed by atoms with E-state index in [1.807, 2.05) is 19.1 Å². The molecule has 10 heteroatoms. The number of nitrogens with zero attached hydrogens (tertiary/aromatic N) is 6. The van der Waals surface area contributed by atoms with Crippen LogP contribution in [0.15, 0.2) is 36.5 Å². The van der Waals surface area contributed by atoms with Gasteiger partial charge in [-0.15, -0.1) is 11.3 Å². The van der Waals surface area contributed by atoms with Crippen LogP contribution in [0.2, 0.25) is 0 Å². The van der Waals surface area contributed by atoms with Gasteiger partial charge in [-0.05, 0) is 40.3 Å². The average molecular weight is 506 g/mol. The molecule has 0 saturated carbocycles. The largest absolute Gasteiger partial charge is 0.386 e. The fourth-order valence-corrected chi connectivity index (χ4v) is 6.11. The SMILES string of the molecule is Cc1cc(Nc2cc3nc(-c4cccc(C(C)(C)O)c4F)sc3cn2)nc(N2C[C@@H]3C[C@H]2CN3C)n1. The van der Waals surface area contributed by atoms with E-state index in [2.05, 4.69) is 32.1 Å². The lowest BCUT2D eigenvalue weighted by Gasteiger charge is -2.32. The highest BCUT2D eigenvalue weighted by Crippen LogP contribution is 2.36. The van der Waals surface area contributed by atoms with Gasteiger partial charge >= 0.3 is 0 Å². The number of halogens is 1. The minimum atomic E-state index is -1.28. The molecule has 3 aromatic heterocycles. The van der Waals surface area contributed by atoms with Crippen LogP contribution < -0.4 is 10.2 Å². The minimum Gasteiger partial charge on any atom is -0.386 e. The summed E-state index contributed by atoms with van der Waals surface area (Å²) in [5.74, 6) is 1.58. The number of anilines is 3. The van der Waals surface area contributed by atoms with Crippen LogP contribution in [0.25, 0.3) is 20.8 Å². The van der Waals surface area contributed by atoms with Crippen LogP contribution in [0.5, 0.6) is 0 Å². The monoisotopic (exact) mass is 505 g/mol. The van der Waals surface area contributed by atoms with Crippen molar-refractivity contribution in [3.8, 4) is 10.6 Å². The molecule has 2 aliphatic rings. The number of hydrogen-bond donors (Lipinski definition) is 2. The Morgan fingerprint density at radius 2 is 1.94 bits per heavy atom. The predicted molar refractivity (Wildman–Crippen MR) is 140 cm³/mol. The van der Waals surface area contributed by atoms with Gasteiger partial charge in [-0.1, -0.05) is 12.1 Å². The van der Waals surface area contributed by atoms with Crippen LogP contribution in [0, 0.1) is 12.7 Å². The summed E-state index contributed by atoms with van der Waals surface area (Å²) in [6, 6.07) is 9.78. The Morgan fingerprint density at radius 1 is 1.11 bits per heavy atom. The van der Waals surface area contributed by atoms with Crippen LogP contribution in [0.4, 0.5) is 22.0 Å². The van der Waals surface area contributed by atoms with E-state index in [9.17, 15) is 5.11 Å². The molecule has 0 radical (unpaired) electrons. The Kier molecular flexibility index (Phi) is 5.43. The lowest BCUT2D eigenvalue weighted by atomic mass is 9.96. The fraction of sp³-hybridized carbons (Fsp3) is 0.385. The number of fused-ring (bicyclic) bond motifs is 3. The highest BCUT2D eigenvalue weighted by molar-refractivity contribution is 7.21. The third-order valence-corrected chi connectivity index (χ3v) is 8.07. The molecule has 2 aliphatic heterocycles. The molecule has 1 aromatic carbocycles. The molecule has 4 aromatic rings. The molecular weight excluding hydrogens is 477 g/mol. The smallest absolute Gasteiger partial charge is 0.227 e. The summed E-state index contributed by atoms with van der Waals surface area (Å²) in [4.78, 5) is 23.4. The van der Waals surface area contributed by atoms with Crippen LogP contribution in [0.3, 0.4) is 0 Å². The van der Waals surface area contributed by atoms with Gasteiger partial charge in [0.05, 0.1) is 15.8 Å². The van der Waals surface area contributed by atoms with E-state index >= 15 is 4.39 Å². The number of piperazine rings is 1. The summed E-state index contributed by atoms with van der Waals surface area (Å²) >= 11 is 1.37. The van der Waals surface area contributed by atoms with Gasteiger partial charge in [0.15, 0.2) is 0 Å². The third kappa shape index (κ3) is 4.08. The summed E-state index contributed by atoms with van der Waals surface area (Å²) in [6.45, 7) is 7.09. The van der Waals surface area contributed by atoms with Crippen molar-refractivity contribution in [1.29, 1.82) is 0 Å². The number of likely N-dealkylation sites (tertiary alicyclic amines) is 1. The Bertz CT molecular complexity index is 1460. The maximum Gasteiger partial charge on any atom is 0.227 e. The molecule has 0 spiro atoms. The topological polar surface area (TPSA) is 90.3 Å². The molecule has 36 heavy (non-hydrogen) atoms. The average Bonchev–Trinajstić information content (AvgIpc) is 3.51. The number of rotatable bonds is 5. The zero-order valence-electron chi connectivity index (χ0n) is 20.7. The highest BCUT2D eigenvalue weighted by Gasteiger charge is 2.42. The molecule has 0 aliphatic carbocycles. The van der Waals surface area contributed by atoms with E-state index < -0.39 is 11.4 Å². The van der Waals surface area contributed by atoms with Gasteiger partial charge in [0, 0.05) is 60.3 Å². The molecule has 2 atom stereocenters. The van der Waals surface area contributed by atoms with E-state index in [0.717, 1.165) is 35.9 Å². The Morgan fingerprint density at radius 3 is 2.67 bits per heavy atom. The van der Waals surface area contributed by atoms with Gasteiger partial charge in [0.25, 0.3) is 0 Å². The van der Waals surface area contributed by atoms with Crippen LogP contribution in [-0.4, -0.2) is 62.2 Å². The Balaban J connectivity index is 1.28. The number of nitrogens with one attached hydrogen (secondary N) is 1. The Labute approximate surface area is 212 Å². The highest BCUT2D eigenvalue weighted by atomic mass is 32.1. The van der Waals surface area contributed by atoms with E-state index in [-0.39, 0.29) is 5.56 Å². The van der Waals surface area contributed by atoms with E-state index in [4.69, 9.17) is 9.97 Å². The predicted octanol–water partition coefficient (Wildman–Crippen LogP) is 4.46. The molecule has 2 fully saturated rings. The van der Waals surface area contributed by atoms with Gasteiger partial charge in [0.2, 0.25) is 5.95 Å². The first-order chi connectivity index (χ1) is 17.2. The minimum absolute atomic E-state index is 0.243. The van der Waals surface area contributed by atoms with Crippen LogP contribution in [-0.2, 0) is 5.60 Å². The summed E-state index contributed by atoms with van der Waals surface area (Å²) in [5, 5.41) is 14.2. The molecule has 2 N–H and O–H groups in total. The third-order valence-electron chi connectivity index (χ3n) is 7.03. The van der Waals surface area contributed by atoms with Gasteiger partial charge in [0.1, 0.15) is 22.5 Å². The zero-order chi connectivity index (χ0) is 25.2. The first-order valence-electron chi connectivity index (χ1n) is 12.0. The standard InChI is InChI=1S/C26H28FN7OS/c1-14-8-22(32-25(29-14)34-13-15-9-16(34)12-33(15)4)31-21-10-19-20(11-28-21)36-24(30-19)17-6-5-7-18(23(17)27)26(2,3)35/h5-8,10-11,15-16,35H,9,12-13H2,1-4H3,(H,28,29,31,32)/t15-,16-/m0/s1. The number of pyridine rings is 1. The van der Waals surface area contributed by atoms with Crippen LogP contribution in [0.1, 0.15) is 31.5 Å². The Hall–Kier alpha value is -3.21.